The van der Waals surface area contributed by atoms with Crippen LogP contribution in [0.1, 0.15) is 16.2 Å². The maximum Gasteiger partial charge on any atom is 0.255 e. The summed E-state index contributed by atoms with van der Waals surface area (Å²) < 4.78 is 0. The Kier molecular flexibility index (Phi) is 3.93. The number of anilines is 1. The van der Waals surface area contributed by atoms with Crippen LogP contribution >= 0.6 is 11.6 Å². The molecule has 2 aromatic heterocycles. The van der Waals surface area contributed by atoms with Gasteiger partial charge in [-0.25, -0.2) is 15.8 Å². The SMILES string of the molecule is CN(Cc1ncn[nH]1)C(=O)c1cnc(NN)c(Cl)c1. The number of nitrogens with one attached hydrogen (secondary N) is 2. The van der Waals surface area contributed by atoms with Crippen molar-refractivity contribution in [2.24, 2.45) is 5.84 Å². The van der Waals surface area contributed by atoms with Gasteiger partial charge in [-0.05, 0) is 6.07 Å². The van der Waals surface area contributed by atoms with Crippen LogP contribution in [0, 0.1) is 0 Å². The van der Waals surface area contributed by atoms with Gasteiger partial charge < -0.3 is 10.3 Å². The van der Waals surface area contributed by atoms with E-state index in [9.17, 15) is 4.79 Å². The van der Waals surface area contributed by atoms with Crippen molar-refractivity contribution < 1.29 is 4.79 Å². The van der Waals surface area contributed by atoms with E-state index in [1.54, 1.807) is 7.05 Å². The number of hydrazine groups is 1. The van der Waals surface area contributed by atoms with Gasteiger partial charge in [0.1, 0.15) is 12.2 Å². The van der Waals surface area contributed by atoms with Crippen LogP contribution in [-0.4, -0.2) is 38.0 Å². The number of rotatable bonds is 4. The summed E-state index contributed by atoms with van der Waals surface area (Å²) in [4.78, 5) is 21.5. The van der Waals surface area contributed by atoms with Crippen molar-refractivity contribution in [2.45, 2.75) is 6.54 Å². The number of hydrogen-bond acceptors (Lipinski definition) is 6. The number of halogens is 1. The van der Waals surface area contributed by atoms with E-state index in [-0.39, 0.29) is 10.9 Å². The Morgan fingerprint density at radius 3 is 2.95 bits per heavy atom. The van der Waals surface area contributed by atoms with Crippen LogP contribution in [0.25, 0.3) is 0 Å². The van der Waals surface area contributed by atoms with E-state index in [0.29, 0.717) is 23.8 Å². The summed E-state index contributed by atoms with van der Waals surface area (Å²) in [6.07, 6.45) is 2.79. The summed E-state index contributed by atoms with van der Waals surface area (Å²) in [7, 11) is 1.65. The molecule has 1 amide bonds. The highest BCUT2D eigenvalue weighted by Crippen LogP contribution is 2.19. The van der Waals surface area contributed by atoms with E-state index in [1.165, 1.54) is 23.5 Å². The Hall–Kier alpha value is -2.19. The van der Waals surface area contributed by atoms with E-state index < -0.39 is 0 Å². The molecule has 2 heterocycles. The van der Waals surface area contributed by atoms with Crippen molar-refractivity contribution in [1.82, 2.24) is 25.1 Å². The number of nitrogens with two attached hydrogens (primary N) is 1. The molecule has 0 saturated heterocycles. The second kappa shape index (κ2) is 5.63. The van der Waals surface area contributed by atoms with Gasteiger partial charge in [0.15, 0.2) is 5.82 Å². The molecular weight excluding hydrogens is 270 g/mol. The van der Waals surface area contributed by atoms with Crippen molar-refractivity contribution in [1.29, 1.82) is 0 Å². The number of carbonyl (C=O) groups excluding carboxylic acids is 1. The van der Waals surface area contributed by atoms with Gasteiger partial charge in [0.2, 0.25) is 0 Å². The standard InChI is InChI=1S/C10H12ClN7O/c1-18(4-8-14-5-15-17-8)10(19)6-2-7(11)9(16-12)13-3-6/h2-3,5H,4,12H2,1H3,(H,13,16)(H,14,15,17). The lowest BCUT2D eigenvalue weighted by molar-refractivity contribution is 0.0781. The summed E-state index contributed by atoms with van der Waals surface area (Å²) in [5, 5.41) is 6.67. The van der Waals surface area contributed by atoms with Crippen molar-refractivity contribution in [3.63, 3.8) is 0 Å². The van der Waals surface area contributed by atoms with E-state index in [1.807, 2.05) is 0 Å². The van der Waals surface area contributed by atoms with Crippen molar-refractivity contribution in [3.05, 3.63) is 35.0 Å². The number of nitrogens with zero attached hydrogens (tertiary/aromatic N) is 4. The Balaban J connectivity index is 2.12. The number of nitrogen functional groups attached to an aromatic ring is 1. The molecule has 0 bridgehead atoms. The third kappa shape index (κ3) is 2.98. The number of pyridine rings is 1. The molecular formula is C10H12ClN7O. The third-order valence-electron chi connectivity index (χ3n) is 2.42. The maximum absolute atomic E-state index is 12.1. The van der Waals surface area contributed by atoms with Crippen LogP contribution in [0.15, 0.2) is 18.6 Å². The highest BCUT2D eigenvalue weighted by atomic mass is 35.5. The largest absolute Gasteiger partial charge is 0.334 e. The van der Waals surface area contributed by atoms with Crippen LogP contribution in [0.4, 0.5) is 5.82 Å². The van der Waals surface area contributed by atoms with E-state index in [4.69, 9.17) is 17.4 Å². The molecule has 0 aromatic carbocycles. The van der Waals surface area contributed by atoms with Gasteiger partial charge in [0.05, 0.1) is 17.1 Å². The van der Waals surface area contributed by atoms with Crippen LogP contribution in [-0.2, 0) is 6.54 Å². The first-order valence-electron chi connectivity index (χ1n) is 5.33. The molecule has 9 heteroatoms. The van der Waals surface area contributed by atoms with Gasteiger partial charge in [-0.1, -0.05) is 11.6 Å². The Morgan fingerprint density at radius 2 is 2.37 bits per heavy atom. The quantitative estimate of drug-likeness (QED) is 0.553. The molecule has 0 aliphatic heterocycles. The van der Waals surface area contributed by atoms with Crippen molar-refractivity contribution in [2.75, 3.05) is 12.5 Å². The minimum Gasteiger partial charge on any atom is -0.334 e. The molecule has 0 unspecified atom stereocenters. The molecule has 4 N–H and O–H groups in total. The Morgan fingerprint density at radius 1 is 1.58 bits per heavy atom. The van der Waals surface area contributed by atoms with Gasteiger partial charge in [0, 0.05) is 13.2 Å². The lowest BCUT2D eigenvalue weighted by Crippen LogP contribution is -2.27. The molecule has 0 radical (unpaired) electrons. The summed E-state index contributed by atoms with van der Waals surface area (Å²) in [5.41, 5.74) is 2.70. The van der Waals surface area contributed by atoms with Gasteiger partial charge in [-0.15, -0.1) is 0 Å². The molecule has 2 aromatic rings. The molecule has 0 atom stereocenters. The number of aromatic amines is 1. The Bertz CT molecular complexity index is 571. The number of H-pyrrole nitrogens is 1. The van der Waals surface area contributed by atoms with E-state index in [2.05, 4.69) is 25.6 Å². The first kappa shape index (κ1) is 13.2. The second-order valence-corrected chi connectivity index (χ2v) is 4.20. The zero-order valence-electron chi connectivity index (χ0n) is 10.1. The smallest absolute Gasteiger partial charge is 0.255 e. The highest BCUT2D eigenvalue weighted by molar-refractivity contribution is 6.33. The molecule has 0 aliphatic rings. The first-order valence-corrected chi connectivity index (χ1v) is 5.71. The number of aromatic nitrogens is 4. The molecule has 8 nitrogen and oxygen atoms in total. The fourth-order valence-corrected chi connectivity index (χ4v) is 1.71. The normalized spacial score (nSPS) is 10.3. The fraction of sp³-hybridized carbons (Fsp3) is 0.200. The summed E-state index contributed by atoms with van der Waals surface area (Å²) >= 11 is 5.92. The van der Waals surface area contributed by atoms with Crippen LogP contribution in [0.3, 0.4) is 0 Å². The van der Waals surface area contributed by atoms with E-state index in [0.717, 1.165) is 0 Å². The average molecular weight is 282 g/mol. The number of hydrogen-bond donors (Lipinski definition) is 3. The number of carbonyl (C=O) groups is 1. The molecule has 2 rings (SSSR count). The second-order valence-electron chi connectivity index (χ2n) is 3.79. The minimum atomic E-state index is -0.227. The lowest BCUT2D eigenvalue weighted by Gasteiger charge is -2.15. The van der Waals surface area contributed by atoms with Gasteiger partial charge >= 0.3 is 0 Å². The summed E-state index contributed by atoms with van der Waals surface area (Å²) in [6.45, 7) is 0.313. The van der Waals surface area contributed by atoms with Crippen molar-refractivity contribution in [3.8, 4) is 0 Å². The fourth-order valence-electron chi connectivity index (χ4n) is 1.48. The predicted octanol–water partition coefficient (Wildman–Crippen LogP) is 0.411. The molecule has 0 aliphatic carbocycles. The Labute approximate surface area is 114 Å². The molecule has 19 heavy (non-hydrogen) atoms. The monoisotopic (exact) mass is 281 g/mol. The van der Waals surface area contributed by atoms with Crippen molar-refractivity contribution >= 4 is 23.3 Å². The van der Waals surface area contributed by atoms with Gasteiger partial charge in [-0.2, -0.15) is 5.10 Å². The zero-order chi connectivity index (χ0) is 13.8. The molecule has 0 saturated carbocycles. The van der Waals surface area contributed by atoms with Gasteiger partial charge in [-0.3, -0.25) is 9.89 Å². The molecule has 0 fully saturated rings. The number of amides is 1. The summed E-state index contributed by atoms with van der Waals surface area (Å²) in [6, 6.07) is 1.50. The topological polar surface area (TPSA) is 113 Å². The van der Waals surface area contributed by atoms with Crippen LogP contribution < -0.4 is 11.3 Å². The maximum atomic E-state index is 12.1. The highest BCUT2D eigenvalue weighted by Gasteiger charge is 2.15. The molecule has 0 spiro atoms. The average Bonchev–Trinajstić information content (AvgIpc) is 2.90. The summed E-state index contributed by atoms with van der Waals surface area (Å²) in [5.74, 6) is 5.90. The zero-order valence-corrected chi connectivity index (χ0v) is 10.8. The predicted molar refractivity (Wildman–Crippen MR) is 69.2 cm³/mol. The minimum absolute atomic E-state index is 0.227. The van der Waals surface area contributed by atoms with Crippen LogP contribution in [0.2, 0.25) is 5.02 Å². The third-order valence-corrected chi connectivity index (χ3v) is 2.71. The first-order chi connectivity index (χ1) is 9.11. The van der Waals surface area contributed by atoms with E-state index >= 15 is 0 Å². The van der Waals surface area contributed by atoms with Gasteiger partial charge in [0.25, 0.3) is 5.91 Å². The lowest BCUT2D eigenvalue weighted by atomic mass is 10.2. The van der Waals surface area contributed by atoms with Crippen LogP contribution in [0.5, 0.6) is 0 Å². The molecule has 100 valence electrons.